The maximum absolute atomic E-state index is 11.2. The molecule has 2 fully saturated rings. The third kappa shape index (κ3) is 4.99. The first-order chi connectivity index (χ1) is 12.1. The van der Waals surface area contributed by atoms with Crippen molar-refractivity contribution in [2.75, 3.05) is 7.11 Å². The molecule has 1 radical (unpaired) electrons. The van der Waals surface area contributed by atoms with Crippen LogP contribution in [0.3, 0.4) is 0 Å². The van der Waals surface area contributed by atoms with Crippen molar-refractivity contribution < 1.29 is 24.9 Å². The summed E-state index contributed by atoms with van der Waals surface area (Å²) in [6, 6.07) is 8.18. The van der Waals surface area contributed by atoms with Crippen LogP contribution in [0.1, 0.15) is 56.9 Å². The molecule has 1 aromatic rings. The molecule has 0 unspecified atom stereocenters. The molecule has 6 nitrogen and oxygen atoms in total. The Hall–Kier alpha value is -1.66. The van der Waals surface area contributed by atoms with Crippen molar-refractivity contribution >= 4 is 24.8 Å². The van der Waals surface area contributed by atoms with Crippen molar-refractivity contribution in [2.45, 2.75) is 62.9 Å². The van der Waals surface area contributed by atoms with Gasteiger partial charge in [0.1, 0.15) is 0 Å². The van der Waals surface area contributed by atoms with Crippen LogP contribution in [0.4, 0.5) is 0 Å². The summed E-state index contributed by atoms with van der Waals surface area (Å²) in [5, 5.41) is 19.1. The number of carbonyl (C=O) groups is 1. The number of aliphatic carboxylic acids is 1. The maximum Gasteiger partial charge on any atom is 0.306 e. The van der Waals surface area contributed by atoms with Crippen LogP contribution in [0.5, 0.6) is 11.5 Å². The predicted molar refractivity (Wildman–Crippen MR) is 102 cm³/mol. The molecule has 27 heavy (non-hydrogen) atoms. The minimum Gasteiger partial charge on any atom is -0.493 e. The van der Waals surface area contributed by atoms with E-state index in [0.717, 1.165) is 18.4 Å². The summed E-state index contributed by atoms with van der Waals surface area (Å²) in [5.41, 5.74) is 0.277. The number of ether oxygens (including phenoxy) is 2. The summed E-state index contributed by atoms with van der Waals surface area (Å²) in [5.74, 6) is 0.283. The Morgan fingerprint density at radius 3 is 2.33 bits per heavy atom. The predicted octanol–water partition coefficient (Wildman–Crippen LogP) is 2.85. The molecule has 0 amide bonds. The average Bonchev–Trinajstić information content (AvgIpc) is 3.14. The van der Waals surface area contributed by atoms with E-state index in [-0.39, 0.29) is 36.4 Å². The summed E-state index contributed by atoms with van der Waals surface area (Å²) in [6.07, 6.45) is 6.89. The van der Waals surface area contributed by atoms with Gasteiger partial charge in [0.2, 0.25) is 0 Å². The molecule has 7 heteroatoms. The van der Waals surface area contributed by atoms with Crippen LogP contribution >= 0.6 is 0 Å². The fraction of sp³-hybridized carbons (Fsp3) is 0.600. The van der Waals surface area contributed by atoms with E-state index >= 15 is 0 Å². The summed E-state index contributed by atoms with van der Waals surface area (Å²) >= 11 is 0. The second-order valence-corrected chi connectivity index (χ2v) is 7.20. The number of methoxy groups -OCH3 is 1. The fourth-order valence-corrected chi connectivity index (χ4v) is 4.07. The van der Waals surface area contributed by atoms with Gasteiger partial charge >= 0.3 is 5.97 Å². The first kappa shape index (κ1) is 23.4. The van der Waals surface area contributed by atoms with E-state index in [9.17, 15) is 15.2 Å². The number of nitrogens with zero attached hydrogens (tertiary/aromatic N) is 1. The van der Waals surface area contributed by atoms with Crippen LogP contribution in [0.25, 0.3) is 0 Å². The van der Waals surface area contributed by atoms with Gasteiger partial charge in [0.25, 0.3) is 0 Å². The van der Waals surface area contributed by atoms with Crippen molar-refractivity contribution in [1.82, 2.24) is 0 Å². The summed E-state index contributed by atoms with van der Waals surface area (Å²) < 4.78 is 11.6. The van der Waals surface area contributed by atoms with Gasteiger partial charge in [-0.2, -0.15) is 5.26 Å². The molecule has 2 aliphatic rings. The molecule has 0 bridgehead atoms. The molecule has 143 valence electrons. The Morgan fingerprint density at radius 1 is 1.19 bits per heavy atom. The zero-order chi connectivity index (χ0) is 17.9. The molecular formula is C20H27LiNO5. The third-order valence-corrected chi connectivity index (χ3v) is 5.71. The van der Waals surface area contributed by atoms with E-state index in [4.69, 9.17) is 9.47 Å². The molecule has 3 rings (SSSR count). The number of nitriles is 1. The van der Waals surface area contributed by atoms with Crippen molar-refractivity contribution in [2.24, 2.45) is 5.92 Å². The molecule has 2 saturated carbocycles. The molecule has 0 heterocycles. The van der Waals surface area contributed by atoms with Crippen LogP contribution in [0.15, 0.2) is 18.2 Å². The number of benzene rings is 1. The first-order valence-corrected chi connectivity index (χ1v) is 9.07. The van der Waals surface area contributed by atoms with E-state index in [1.165, 1.54) is 12.8 Å². The zero-order valence-electron chi connectivity index (χ0n) is 16.2. The summed E-state index contributed by atoms with van der Waals surface area (Å²) in [7, 11) is 1.62. The van der Waals surface area contributed by atoms with Gasteiger partial charge in [0, 0.05) is 18.9 Å². The standard InChI is InChI=1S/C20H25NO4.Li.H2O/c1-24-17-7-6-15(12-18(17)25-16-4-2-3-5-16)20(13-21)10-8-14(9-11-20)19(22)23;;/h6-7,12,14,16H,2-5,8-11H2,1H3,(H,22,23);;1H2. The zero-order valence-corrected chi connectivity index (χ0v) is 16.2. The summed E-state index contributed by atoms with van der Waals surface area (Å²) in [6.45, 7) is 0. The third-order valence-electron chi connectivity index (χ3n) is 5.71. The van der Waals surface area contributed by atoms with Crippen molar-refractivity contribution in [3.63, 3.8) is 0 Å². The van der Waals surface area contributed by atoms with Gasteiger partial charge in [-0.15, -0.1) is 0 Å². The van der Waals surface area contributed by atoms with Crippen LogP contribution in [0, 0.1) is 17.2 Å². The number of carboxylic acid groups (broad SMARTS) is 1. The van der Waals surface area contributed by atoms with Gasteiger partial charge in [0.15, 0.2) is 11.5 Å². The Labute approximate surface area is 172 Å². The summed E-state index contributed by atoms with van der Waals surface area (Å²) in [4.78, 5) is 11.2. The Morgan fingerprint density at radius 2 is 1.81 bits per heavy atom. The molecule has 0 saturated heterocycles. The van der Waals surface area contributed by atoms with Gasteiger partial charge in [-0.1, -0.05) is 6.07 Å². The first-order valence-electron chi connectivity index (χ1n) is 9.07. The second kappa shape index (κ2) is 10.0. The van der Waals surface area contributed by atoms with E-state index < -0.39 is 11.4 Å². The van der Waals surface area contributed by atoms with Gasteiger partial charge in [-0.05, 0) is 69.1 Å². The second-order valence-electron chi connectivity index (χ2n) is 7.20. The van der Waals surface area contributed by atoms with Crippen LogP contribution < -0.4 is 9.47 Å². The minimum atomic E-state index is -0.758. The van der Waals surface area contributed by atoms with Gasteiger partial charge in [0.05, 0.1) is 30.6 Å². The van der Waals surface area contributed by atoms with E-state index in [2.05, 4.69) is 6.07 Å². The fourth-order valence-electron chi connectivity index (χ4n) is 4.07. The molecule has 0 spiro atoms. The number of carboxylic acids is 1. The molecule has 0 atom stereocenters. The average molecular weight is 368 g/mol. The Bertz CT molecular complexity index is 673. The Balaban J connectivity index is 0.00000182. The topological polar surface area (TPSA) is 111 Å². The number of hydrogen-bond acceptors (Lipinski definition) is 4. The maximum atomic E-state index is 11.2. The van der Waals surface area contributed by atoms with Crippen molar-refractivity contribution in [1.29, 1.82) is 5.26 Å². The van der Waals surface area contributed by atoms with E-state index in [1.54, 1.807) is 7.11 Å². The Kier molecular flexibility index (Phi) is 8.69. The normalized spacial score (nSPS) is 24.8. The smallest absolute Gasteiger partial charge is 0.306 e. The van der Waals surface area contributed by atoms with Crippen molar-refractivity contribution in [3.8, 4) is 17.6 Å². The quantitative estimate of drug-likeness (QED) is 0.803. The molecule has 0 aromatic heterocycles. The van der Waals surface area contributed by atoms with E-state index in [1.807, 2.05) is 18.2 Å². The van der Waals surface area contributed by atoms with Crippen molar-refractivity contribution in [3.05, 3.63) is 23.8 Å². The number of rotatable bonds is 5. The largest absolute Gasteiger partial charge is 0.493 e. The molecular weight excluding hydrogens is 341 g/mol. The van der Waals surface area contributed by atoms with Crippen LogP contribution in [-0.4, -0.2) is 48.6 Å². The molecule has 2 aliphatic carbocycles. The van der Waals surface area contributed by atoms with Gasteiger partial charge in [-0.3, -0.25) is 4.79 Å². The SMILES string of the molecule is COc1ccc(C2(C#N)CCC(C(=O)O)CC2)cc1OC1CCCC1.O.[Li]. The molecule has 3 N–H and O–H groups in total. The molecule has 0 aliphatic heterocycles. The molecule has 1 aromatic carbocycles. The van der Waals surface area contributed by atoms with Crippen LogP contribution in [-0.2, 0) is 10.2 Å². The number of hydrogen-bond donors (Lipinski definition) is 1. The monoisotopic (exact) mass is 368 g/mol. The van der Waals surface area contributed by atoms with Crippen LogP contribution in [0.2, 0.25) is 0 Å². The van der Waals surface area contributed by atoms with Gasteiger partial charge in [-0.25, -0.2) is 0 Å². The van der Waals surface area contributed by atoms with Gasteiger partial charge < -0.3 is 20.1 Å². The minimum absolute atomic E-state index is 0. The van der Waals surface area contributed by atoms with E-state index in [0.29, 0.717) is 37.2 Å².